The van der Waals surface area contributed by atoms with Crippen molar-refractivity contribution in [2.24, 2.45) is 0 Å². The van der Waals surface area contributed by atoms with E-state index in [0.29, 0.717) is 4.47 Å². The van der Waals surface area contributed by atoms with E-state index in [-0.39, 0.29) is 16.7 Å². The van der Waals surface area contributed by atoms with Gasteiger partial charge in [0.2, 0.25) is 0 Å². The van der Waals surface area contributed by atoms with Crippen molar-refractivity contribution in [3.8, 4) is 0 Å². The maximum absolute atomic E-state index is 13.8. The van der Waals surface area contributed by atoms with E-state index in [1.807, 2.05) is 0 Å². The summed E-state index contributed by atoms with van der Waals surface area (Å²) in [5.74, 6) is -4.21. The zero-order valence-electron chi connectivity index (χ0n) is 9.58. The molecule has 0 radical (unpaired) electrons. The molecule has 0 unspecified atom stereocenters. The molecule has 0 saturated heterocycles. The van der Waals surface area contributed by atoms with Crippen LogP contribution in [-0.2, 0) is 6.54 Å². The van der Waals surface area contributed by atoms with Crippen LogP contribution >= 0.6 is 38.9 Å². The van der Waals surface area contributed by atoms with Crippen LogP contribution in [0, 0.1) is 11.6 Å². The fourth-order valence-corrected chi connectivity index (χ4v) is 2.91. The van der Waals surface area contributed by atoms with Gasteiger partial charge in [-0.05, 0) is 22.0 Å². The summed E-state index contributed by atoms with van der Waals surface area (Å²) in [5, 5.41) is 11.4. The Kier molecular flexibility index (Phi) is 4.56. The minimum Gasteiger partial charge on any atom is -0.478 e. The highest BCUT2D eigenvalue weighted by Gasteiger charge is 2.21. The number of rotatable bonds is 4. The van der Waals surface area contributed by atoms with Gasteiger partial charge in [0.1, 0.15) is 0 Å². The number of nitrogens with one attached hydrogen (secondary N) is 1. The van der Waals surface area contributed by atoms with E-state index in [2.05, 4.69) is 26.2 Å². The Balaban J connectivity index is 2.28. The minimum absolute atomic E-state index is 0.115. The number of thiazole rings is 1. The normalized spacial score (nSPS) is 10.6. The number of aromatic carboxylic acids is 1. The minimum atomic E-state index is -1.54. The second-order valence-corrected chi connectivity index (χ2v) is 6.20. The third kappa shape index (κ3) is 3.08. The smallest absolute Gasteiger partial charge is 0.338 e. The van der Waals surface area contributed by atoms with Gasteiger partial charge in [0, 0.05) is 15.5 Å². The van der Waals surface area contributed by atoms with Crippen molar-refractivity contribution < 1.29 is 18.7 Å². The van der Waals surface area contributed by atoms with Crippen LogP contribution in [0.2, 0.25) is 4.47 Å². The molecule has 0 aliphatic heterocycles. The van der Waals surface area contributed by atoms with Crippen LogP contribution in [0.4, 0.5) is 14.5 Å². The van der Waals surface area contributed by atoms with Crippen LogP contribution in [0.25, 0.3) is 0 Å². The van der Waals surface area contributed by atoms with Crippen molar-refractivity contribution in [2.75, 3.05) is 5.32 Å². The highest BCUT2D eigenvalue weighted by Crippen LogP contribution is 2.31. The van der Waals surface area contributed by atoms with Crippen LogP contribution in [0.15, 0.2) is 16.7 Å². The molecule has 0 amide bonds. The molecular weight excluding hydrogens is 378 g/mol. The first kappa shape index (κ1) is 15.1. The lowest BCUT2D eigenvalue weighted by Gasteiger charge is -2.10. The average Bonchev–Trinajstić information content (AvgIpc) is 2.79. The first-order valence-corrected chi connectivity index (χ1v) is 7.13. The lowest BCUT2D eigenvalue weighted by Crippen LogP contribution is -2.08. The molecule has 2 N–H and O–H groups in total. The van der Waals surface area contributed by atoms with E-state index in [9.17, 15) is 13.6 Å². The van der Waals surface area contributed by atoms with Gasteiger partial charge in [0.15, 0.2) is 16.1 Å². The number of benzene rings is 1. The quantitative estimate of drug-likeness (QED) is 0.779. The number of anilines is 1. The first-order chi connectivity index (χ1) is 9.40. The van der Waals surface area contributed by atoms with Crippen LogP contribution in [0.3, 0.4) is 0 Å². The molecule has 0 aliphatic carbocycles. The standard InChI is InChI=1S/C11H6BrClF2N2O2S/c12-6-1-5(10(18)19)7(14)8(15)9(6)16-2-4-3-17-11(13)20-4/h1,3,16H,2H2,(H,18,19). The van der Waals surface area contributed by atoms with E-state index >= 15 is 0 Å². The SMILES string of the molecule is O=C(O)c1cc(Br)c(NCc2cnc(Cl)s2)c(F)c1F. The number of halogens is 4. The predicted molar refractivity (Wildman–Crippen MR) is 75.5 cm³/mol. The Labute approximate surface area is 129 Å². The van der Waals surface area contributed by atoms with E-state index < -0.39 is 23.2 Å². The molecule has 0 saturated carbocycles. The number of aromatic nitrogens is 1. The molecule has 2 rings (SSSR count). The number of hydrogen-bond donors (Lipinski definition) is 2. The molecule has 0 fully saturated rings. The Morgan fingerprint density at radius 2 is 2.20 bits per heavy atom. The lowest BCUT2D eigenvalue weighted by molar-refractivity contribution is 0.0690. The summed E-state index contributed by atoms with van der Waals surface area (Å²) in [6.07, 6.45) is 1.51. The first-order valence-electron chi connectivity index (χ1n) is 5.15. The topological polar surface area (TPSA) is 62.2 Å². The molecule has 0 bridgehead atoms. The Morgan fingerprint density at radius 3 is 2.75 bits per heavy atom. The van der Waals surface area contributed by atoms with Gasteiger partial charge in [0.25, 0.3) is 0 Å². The zero-order valence-corrected chi connectivity index (χ0v) is 12.7. The van der Waals surface area contributed by atoms with Gasteiger partial charge in [-0.3, -0.25) is 0 Å². The number of carbonyl (C=O) groups is 1. The summed E-state index contributed by atoms with van der Waals surface area (Å²) in [6.45, 7) is 0.186. The van der Waals surface area contributed by atoms with E-state index in [0.717, 1.165) is 10.9 Å². The highest BCUT2D eigenvalue weighted by atomic mass is 79.9. The van der Waals surface area contributed by atoms with Crippen molar-refractivity contribution in [3.05, 3.63) is 43.3 Å². The van der Waals surface area contributed by atoms with Crippen molar-refractivity contribution in [1.82, 2.24) is 4.98 Å². The lowest BCUT2D eigenvalue weighted by atomic mass is 10.2. The maximum atomic E-state index is 13.8. The van der Waals surface area contributed by atoms with Crippen LogP contribution in [-0.4, -0.2) is 16.1 Å². The third-order valence-electron chi connectivity index (χ3n) is 2.35. The van der Waals surface area contributed by atoms with E-state index in [4.69, 9.17) is 16.7 Å². The number of carboxylic acid groups (broad SMARTS) is 1. The van der Waals surface area contributed by atoms with Gasteiger partial charge in [-0.15, -0.1) is 11.3 Å². The van der Waals surface area contributed by atoms with Crippen molar-refractivity contribution in [3.63, 3.8) is 0 Å². The molecule has 106 valence electrons. The van der Waals surface area contributed by atoms with Gasteiger partial charge in [-0.25, -0.2) is 18.6 Å². The largest absolute Gasteiger partial charge is 0.478 e. The average molecular weight is 384 g/mol. The molecule has 4 nitrogen and oxygen atoms in total. The molecule has 1 aromatic heterocycles. The number of carboxylic acids is 1. The second kappa shape index (κ2) is 6.02. The summed E-state index contributed by atoms with van der Waals surface area (Å²) < 4.78 is 27.9. The Morgan fingerprint density at radius 1 is 1.50 bits per heavy atom. The molecule has 2 aromatic rings. The predicted octanol–water partition coefficient (Wildman–Crippen LogP) is 4.15. The molecular formula is C11H6BrClF2N2O2S. The summed E-state index contributed by atoms with van der Waals surface area (Å²) in [6, 6.07) is 1.00. The summed E-state index contributed by atoms with van der Waals surface area (Å²) in [4.78, 5) is 15.3. The fraction of sp³-hybridized carbons (Fsp3) is 0.0909. The second-order valence-electron chi connectivity index (χ2n) is 3.65. The van der Waals surface area contributed by atoms with Crippen molar-refractivity contribution >= 4 is 50.5 Å². The number of hydrogen-bond acceptors (Lipinski definition) is 4. The molecule has 1 aromatic carbocycles. The van der Waals surface area contributed by atoms with Gasteiger partial charge >= 0.3 is 5.97 Å². The molecule has 1 heterocycles. The molecule has 0 spiro atoms. The Bertz CT molecular complexity index is 681. The summed E-state index contributed by atoms with van der Waals surface area (Å²) in [7, 11) is 0. The summed E-state index contributed by atoms with van der Waals surface area (Å²) >= 11 is 9.86. The number of nitrogens with zero attached hydrogens (tertiary/aromatic N) is 1. The molecule has 0 atom stereocenters. The molecule has 20 heavy (non-hydrogen) atoms. The van der Waals surface area contributed by atoms with Crippen molar-refractivity contribution in [2.45, 2.75) is 6.54 Å². The zero-order chi connectivity index (χ0) is 14.9. The third-order valence-corrected chi connectivity index (χ3v) is 4.09. The van der Waals surface area contributed by atoms with E-state index in [1.54, 1.807) is 0 Å². The Hall–Kier alpha value is -1.25. The highest BCUT2D eigenvalue weighted by molar-refractivity contribution is 9.10. The maximum Gasteiger partial charge on any atom is 0.338 e. The van der Waals surface area contributed by atoms with Crippen LogP contribution in [0.1, 0.15) is 15.2 Å². The monoisotopic (exact) mass is 382 g/mol. The van der Waals surface area contributed by atoms with Gasteiger partial charge in [-0.2, -0.15) is 0 Å². The van der Waals surface area contributed by atoms with Gasteiger partial charge in [0.05, 0.1) is 17.8 Å². The van der Waals surface area contributed by atoms with Crippen LogP contribution in [0.5, 0.6) is 0 Å². The van der Waals surface area contributed by atoms with E-state index in [1.165, 1.54) is 17.5 Å². The van der Waals surface area contributed by atoms with Crippen molar-refractivity contribution in [1.29, 1.82) is 0 Å². The van der Waals surface area contributed by atoms with Gasteiger partial charge in [-0.1, -0.05) is 11.6 Å². The summed E-state index contributed by atoms with van der Waals surface area (Å²) in [5.41, 5.74) is -0.891. The molecule has 0 aliphatic rings. The van der Waals surface area contributed by atoms with Crippen LogP contribution < -0.4 is 5.32 Å². The fourth-order valence-electron chi connectivity index (χ4n) is 1.45. The molecule has 9 heteroatoms. The van der Waals surface area contributed by atoms with Gasteiger partial charge < -0.3 is 10.4 Å².